The standard InChI is InChI=1S/C39H74O6/c1-4-7-10-13-16-19-21-23-26-29-32-38(41)44-35-36(34-43-37(40)31-28-25-22-18-15-12-9-6-3)45-39(42)33-30-27-24-20-17-14-11-8-5-2/h36H,4-35H2,1-3H3. The smallest absolute Gasteiger partial charge is 0.306 e. The van der Waals surface area contributed by atoms with Gasteiger partial charge in [0.15, 0.2) is 6.10 Å². The fourth-order valence-corrected chi connectivity index (χ4v) is 5.62. The number of esters is 3. The van der Waals surface area contributed by atoms with Gasteiger partial charge in [0.25, 0.3) is 0 Å². The minimum absolute atomic E-state index is 0.0644. The van der Waals surface area contributed by atoms with Gasteiger partial charge in [-0.15, -0.1) is 0 Å². The summed E-state index contributed by atoms with van der Waals surface area (Å²) in [6.45, 7) is 6.56. The van der Waals surface area contributed by atoms with Gasteiger partial charge in [0.05, 0.1) is 0 Å². The summed E-state index contributed by atoms with van der Waals surface area (Å²) >= 11 is 0. The highest BCUT2D eigenvalue weighted by Crippen LogP contribution is 2.14. The molecule has 0 rings (SSSR count). The van der Waals surface area contributed by atoms with Crippen LogP contribution < -0.4 is 0 Å². The Morgan fingerprint density at radius 2 is 0.600 bits per heavy atom. The second kappa shape index (κ2) is 35.3. The van der Waals surface area contributed by atoms with Crippen molar-refractivity contribution in [1.82, 2.24) is 0 Å². The zero-order valence-electron chi connectivity index (χ0n) is 30.2. The summed E-state index contributed by atoms with van der Waals surface area (Å²) in [6.07, 6.45) is 32.3. The van der Waals surface area contributed by atoms with Gasteiger partial charge in [-0.3, -0.25) is 14.4 Å². The summed E-state index contributed by atoms with van der Waals surface area (Å²) in [5.41, 5.74) is 0. The van der Waals surface area contributed by atoms with Gasteiger partial charge in [0.2, 0.25) is 0 Å². The lowest BCUT2D eigenvalue weighted by molar-refractivity contribution is -0.167. The van der Waals surface area contributed by atoms with Crippen LogP contribution in [0.15, 0.2) is 0 Å². The Morgan fingerprint density at radius 3 is 0.889 bits per heavy atom. The molecule has 6 heteroatoms. The number of carbonyl (C=O) groups is 3. The van der Waals surface area contributed by atoms with Crippen LogP contribution in [-0.2, 0) is 28.6 Å². The number of ether oxygens (including phenoxy) is 3. The molecule has 1 unspecified atom stereocenters. The monoisotopic (exact) mass is 639 g/mol. The lowest BCUT2D eigenvalue weighted by Gasteiger charge is -2.18. The third-order valence-corrected chi connectivity index (χ3v) is 8.61. The third kappa shape index (κ3) is 33.6. The summed E-state index contributed by atoms with van der Waals surface area (Å²) in [6, 6.07) is 0. The molecular formula is C39H74O6. The molecule has 0 N–H and O–H groups in total. The maximum Gasteiger partial charge on any atom is 0.306 e. The van der Waals surface area contributed by atoms with Gasteiger partial charge in [-0.05, 0) is 19.3 Å². The highest BCUT2D eigenvalue weighted by Gasteiger charge is 2.19. The van der Waals surface area contributed by atoms with Crippen LogP contribution in [0.4, 0.5) is 0 Å². The van der Waals surface area contributed by atoms with Crippen molar-refractivity contribution in [3.63, 3.8) is 0 Å². The minimum atomic E-state index is -0.754. The van der Waals surface area contributed by atoms with E-state index in [1.807, 2.05) is 0 Å². The quantitative estimate of drug-likeness (QED) is 0.0390. The molecule has 0 saturated carbocycles. The predicted octanol–water partition coefficient (Wildman–Crippen LogP) is 11.7. The molecule has 0 aliphatic heterocycles. The molecule has 0 aromatic rings. The molecule has 0 aromatic carbocycles. The molecule has 1 atom stereocenters. The first-order valence-electron chi connectivity index (χ1n) is 19.5. The van der Waals surface area contributed by atoms with Crippen LogP contribution in [0.2, 0.25) is 0 Å². The van der Waals surface area contributed by atoms with E-state index < -0.39 is 6.10 Å². The fourth-order valence-electron chi connectivity index (χ4n) is 5.62. The molecule has 45 heavy (non-hydrogen) atoms. The first-order valence-corrected chi connectivity index (χ1v) is 19.5. The van der Waals surface area contributed by atoms with E-state index in [1.54, 1.807) is 0 Å². The summed E-state index contributed by atoms with van der Waals surface area (Å²) < 4.78 is 16.5. The lowest BCUT2D eigenvalue weighted by Crippen LogP contribution is -2.30. The van der Waals surface area contributed by atoms with Gasteiger partial charge in [-0.25, -0.2) is 0 Å². The molecule has 0 saturated heterocycles. The molecule has 0 heterocycles. The second-order valence-electron chi connectivity index (χ2n) is 13.2. The molecule has 6 nitrogen and oxygen atoms in total. The van der Waals surface area contributed by atoms with Crippen LogP contribution in [0.5, 0.6) is 0 Å². The Hall–Kier alpha value is -1.59. The summed E-state index contributed by atoms with van der Waals surface area (Å²) in [7, 11) is 0. The average molecular weight is 639 g/mol. The van der Waals surface area contributed by atoms with Gasteiger partial charge in [-0.2, -0.15) is 0 Å². The Bertz CT molecular complexity index is 664. The molecule has 0 aliphatic carbocycles. The van der Waals surface area contributed by atoms with Gasteiger partial charge >= 0.3 is 17.9 Å². The second-order valence-corrected chi connectivity index (χ2v) is 13.2. The van der Waals surface area contributed by atoms with E-state index >= 15 is 0 Å². The van der Waals surface area contributed by atoms with E-state index in [4.69, 9.17) is 14.2 Å². The average Bonchev–Trinajstić information content (AvgIpc) is 3.03. The minimum Gasteiger partial charge on any atom is -0.462 e. The summed E-state index contributed by atoms with van der Waals surface area (Å²) in [5, 5.41) is 0. The molecule has 0 amide bonds. The normalized spacial score (nSPS) is 11.8. The zero-order valence-corrected chi connectivity index (χ0v) is 30.2. The van der Waals surface area contributed by atoms with Crippen molar-refractivity contribution in [1.29, 1.82) is 0 Å². The van der Waals surface area contributed by atoms with Crippen molar-refractivity contribution in [2.75, 3.05) is 13.2 Å². The van der Waals surface area contributed by atoms with Crippen molar-refractivity contribution in [2.24, 2.45) is 0 Å². The van der Waals surface area contributed by atoms with Gasteiger partial charge in [-0.1, -0.05) is 175 Å². The largest absolute Gasteiger partial charge is 0.462 e. The summed E-state index contributed by atoms with van der Waals surface area (Å²) in [5.74, 6) is -0.870. The van der Waals surface area contributed by atoms with Gasteiger partial charge in [0.1, 0.15) is 13.2 Å². The van der Waals surface area contributed by atoms with E-state index in [2.05, 4.69) is 20.8 Å². The van der Waals surface area contributed by atoms with Crippen LogP contribution in [0.1, 0.15) is 213 Å². The molecule has 266 valence electrons. The number of rotatable bonds is 35. The van der Waals surface area contributed by atoms with E-state index in [0.717, 1.165) is 57.8 Å². The SMILES string of the molecule is CCCCCCCCCCCCC(=O)OCC(COC(=O)CCCCCCCCCC)OC(=O)CCCCCCCCCCC. The van der Waals surface area contributed by atoms with E-state index in [0.29, 0.717) is 19.3 Å². The number of hydrogen-bond acceptors (Lipinski definition) is 6. The van der Waals surface area contributed by atoms with Crippen LogP contribution in [0, 0.1) is 0 Å². The molecule has 0 aliphatic rings. The van der Waals surface area contributed by atoms with Crippen molar-refractivity contribution in [3.8, 4) is 0 Å². The van der Waals surface area contributed by atoms with Crippen molar-refractivity contribution in [3.05, 3.63) is 0 Å². The van der Waals surface area contributed by atoms with Crippen LogP contribution in [-0.4, -0.2) is 37.2 Å². The molecule has 0 bridgehead atoms. The number of unbranched alkanes of at least 4 members (excludes halogenated alkanes) is 24. The van der Waals surface area contributed by atoms with E-state index in [-0.39, 0.29) is 31.1 Å². The lowest BCUT2D eigenvalue weighted by atomic mass is 10.1. The Morgan fingerprint density at radius 1 is 0.356 bits per heavy atom. The van der Waals surface area contributed by atoms with Crippen molar-refractivity contribution in [2.45, 2.75) is 219 Å². The Labute approximate surface area is 278 Å². The first-order chi connectivity index (χ1) is 22.0. The van der Waals surface area contributed by atoms with Crippen LogP contribution >= 0.6 is 0 Å². The zero-order chi connectivity index (χ0) is 33.1. The topological polar surface area (TPSA) is 78.9 Å². The van der Waals surface area contributed by atoms with Crippen LogP contribution in [0.3, 0.4) is 0 Å². The molecular weight excluding hydrogens is 564 g/mol. The van der Waals surface area contributed by atoms with E-state index in [1.165, 1.54) is 116 Å². The number of carbonyl (C=O) groups excluding carboxylic acids is 3. The van der Waals surface area contributed by atoms with Crippen LogP contribution in [0.25, 0.3) is 0 Å². The predicted molar refractivity (Wildman–Crippen MR) is 187 cm³/mol. The molecule has 0 radical (unpaired) electrons. The number of hydrogen-bond donors (Lipinski definition) is 0. The maximum atomic E-state index is 12.6. The van der Waals surface area contributed by atoms with E-state index in [9.17, 15) is 14.4 Å². The molecule has 0 aromatic heterocycles. The third-order valence-electron chi connectivity index (χ3n) is 8.61. The fraction of sp³-hybridized carbons (Fsp3) is 0.923. The Balaban J connectivity index is 4.33. The summed E-state index contributed by atoms with van der Waals surface area (Å²) in [4.78, 5) is 37.3. The van der Waals surface area contributed by atoms with Gasteiger partial charge < -0.3 is 14.2 Å². The molecule has 0 fully saturated rings. The highest BCUT2D eigenvalue weighted by atomic mass is 16.6. The Kier molecular flexibility index (Phi) is 34.0. The van der Waals surface area contributed by atoms with Crippen molar-refractivity contribution < 1.29 is 28.6 Å². The van der Waals surface area contributed by atoms with Crippen molar-refractivity contribution >= 4 is 17.9 Å². The highest BCUT2D eigenvalue weighted by molar-refractivity contribution is 5.71. The maximum absolute atomic E-state index is 12.6. The van der Waals surface area contributed by atoms with Gasteiger partial charge in [0, 0.05) is 19.3 Å². The first kappa shape index (κ1) is 43.4. The molecule has 0 spiro atoms.